The van der Waals surface area contributed by atoms with Gasteiger partial charge in [-0.05, 0) is 31.5 Å². The maximum absolute atomic E-state index is 13.3. The minimum Gasteiger partial charge on any atom is -0.466 e. The molecule has 1 aliphatic heterocycles. The molecule has 0 aromatic carbocycles. The van der Waals surface area contributed by atoms with Crippen LogP contribution in [0.2, 0.25) is 0 Å². The molecule has 0 saturated carbocycles. The number of furan rings is 1. The van der Waals surface area contributed by atoms with Crippen molar-refractivity contribution in [3.8, 4) is 0 Å². The standard InChI is InChI=1S/C22H23F3N2O4S/c1-3-30-19(28)8-5-9-26-20(29)16-11-18-15(27(16)21(26)32)10-17(31-18)13-6-4-7-14(12(13)2)22(23,24)25/h4,6-7,10-13,20,29H,3,5,8-9H2,1-2H3. The summed E-state index contributed by atoms with van der Waals surface area (Å²) in [5.74, 6) is -1.27. The Kier molecular flexibility index (Phi) is 5.93. The highest BCUT2D eigenvalue weighted by Crippen LogP contribution is 2.44. The van der Waals surface area contributed by atoms with E-state index in [9.17, 15) is 23.1 Å². The average Bonchev–Trinajstić information content (AvgIpc) is 3.33. The van der Waals surface area contributed by atoms with Crippen molar-refractivity contribution in [1.29, 1.82) is 0 Å². The first kappa shape index (κ1) is 22.6. The molecule has 0 bridgehead atoms. The number of hydrogen-bond donors (Lipinski definition) is 1. The zero-order valence-corrected chi connectivity index (χ0v) is 18.4. The maximum Gasteiger partial charge on any atom is 0.412 e. The summed E-state index contributed by atoms with van der Waals surface area (Å²) in [6.07, 6.45) is -0.553. The maximum atomic E-state index is 13.3. The minimum absolute atomic E-state index is 0.209. The Morgan fingerprint density at radius 2 is 2.09 bits per heavy atom. The van der Waals surface area contributed by atoms with Crippen LogP contribution in [-0.4, -0.2) is 45.0 Å². The molecule has 2 aromatic rings. The number of esters is 1. The van der Waals surface area contributed by atoms with E-state index < -0.39 is 29.8 Å². The van der Waals surface area contributed by atoms with Crippen molar-refractivity contribution in [2.45, 2.75) is 45.0 Å². The van der Waals surface area contributed by atoms with Gasteiger partial charge in [-0.3, -0.25) is 9.36 Å². The fourth-order valence-corrected chi connectivity index (χ4v) is 4.72. The van der Waals surface area contributed by atoms with Crippen molar-refractivity contribution >= 4 is 34.4 Å². The van der Waals surface area contributed by atoms with Crippen molar-refractivity contribution in [2.75, 3.05) is 13.2 Å². The smallest absolute Gasteiger partial charge is 0.412 e. The third kappa shape index (κ3) is 3.86. The zero-order chi connectivity index (χ0) is 23.2. The third-order valence-electron chi connectivity index (χ3n) is 5.90. The van der Waals surface area contributed by atoms with Crippen LogP contribution in [0.5, 0.6) is 0 Å². The molecule has 6 nitrogen and oxygen atoms in total. The van der Waals surface area contributed by atoms with E-state index in [4.69, 9.17) is 21.4 Å². The van der Waals surface area contributed by atoms with Crippen LogP contribution < -0.4 is 0 Å². The van der Waals surface area contributed by atoms with Crippen LogP contribution in [-0.2, 0) is 9.53 Å². The van der Waals surface area contributed by atoms with E-state index in [0.29, 0.717) is 47.2 Å². The summed E-state index contributed by atoms with van der Waals surface area (Å²) >= 11 is 5.54. The van der Waals surface area contributed by atoms with Gasteiger partial charge in [0.25, 0.3) is 0 Å². The highest BCUT2D eigenvalue weighted by Gasteiger charge is 2.42. The Morgan fingerprint density at radius 3 is 2.78 bits per heavy atom. The molecule has 2 aliphatic rings. The lowest BCUT2D eigenvalue weighted by Crippen LogP contribution is -2.30. The normalized spacial score (nSPS) is 23.1. The van der Waals surface area contributed by atoms with Crippen molar-refractivity contribution in [2.24, 2.45) is 5.92 Å². The number of nitrogens with zero attached hydrogens (tertiary/aromatic N) is 2. The van der Waals surface area contributed by atoms with Gasteiger partial charge in [-0.15, -0.1) is 0 Å². The number of thiocarbonyl (C=S) groups is 1. The molecule has 10 heteroatoms. The number of aliphatic hydroxyl groups excluding tert-OH is 1. The quantitative estimate of drug-likeness (QED) is 0.486. The number of carbonyl (C=O) groups excluding carboxylic acids is 1. The number of aromatic nitrogens is 1. The molecule has 0 radical (unpaired) electrons. The van der Waals surface area contributed by atoms with E-state index in [1.54, 1.807) is 34.6 Å². The number of aliphatic hydroxyl groups is 1. The van der Waals surface area contributed by atoms with Gasteiger partial charge in [-0.25, -0.2) is 0 Å². The van der Waals surface area contributed by atoms with Crippen LogP contribution in [0.4, 0.5) is 13.2 Å². The van der Waals surface area contributed by atoms with E-state index in [1.807, 2.05) is 0 Å². The zero-order valence-electron chi connectivity index (χ0n) is 17.6. The molecule has 32 heavy (non-hydrogen) atoms. The number of halogens is 3. The molecule has 1 N–H and O–H groups in total. The van der Waals surface area contributed by atoms with E-state index in [0.717, 1.165) is 6.08 Å². The van der Waals surface area contributed by atoms with Gasteiger partial charge >= 0.3 is 12.1 Å². The highest BCUT2D eigenvalue weighted by molar-refractivity contribution is 7.80. The van der Waals surface area contributed by atoms with Crippen molar-refractivity contribution < 1.29 is 32.2 Å². The molecule has 3 unspecified atom stereocenters. The van der Waals surface area contributed by atoms with Crippen molar-refractivity contribution in [3.05, 3.63) is 47.4 Å². The lowest BCUT2D eigenvalue weighted by atomic mass is 9.82. The largest absolute Gasteiger partial charge is 0.466 e. The van der Waals surface area contributed by atoms with Crippen LogP contribution >= 0.6 is 12.2 Å². The molecule has 172 valence electrons. The molecular formula is C22H23F3N2O4S. The van der Waals surface area contributed by atoms with Gasteiger partial charge < -0.3 is 19.2 Å². The molecule has 1 aliphatic carbocycles. The second kappa shape index (κ2) is 8.40. The molecule has 0 amide bonds. The summed E-state index contributed by atoms with van der Waals surface area (Å²) in [6, 6.07) is 3.34. The molecule has 3 atom stereocenters. The van der Waals surface area contributed by atoms with Gasteiger partial charge in [0.15, 0.2) is 16.9 Å². The summed E-state index contributed by atoms with van der Waals surface area (Å²) < 4.78 is 52.4. The molecule has 0 spiro atoms. The SMILES string of the molecule is CCOC(=O)CCCN1C(=S)n2c(cc3oc(C4C=CC=C(C(F)(F)F)C4C)cc32)C1O. The topological polar surface area (TPSA) is 67.8 Å². The fourth-order valence-electron chi connectivity index (χ4n) is 4.32. The second-order valence-electron chi connectivity index (χ2n) is 7.88. The summed E-state index contributed by atoms with van der Waals surface area (Å²) in [4.78, 5) is 13.2. The average molecular weight is 468 g/mol. The van der Waals surface area contributed by atoms with Gasteiger partial charge in [0.1, 0.15) is 5.76 Å². The third-order valence-corrected chi connectivity index (χ3v) is 6.32. The first-order chi connectivity index (χ1) is 15.1. The predicted molar refractivity (Wildman–Crippen MR) is 115 cm³/mol. The number of hydrogen-bond acceptors (Lipinski definition) is 5. The first-order valence-corrected chi connectivity index (χ1v) is 10.8. The Bertz CT molecular complexity index is 1110. The van der Waals surface area contributed by atoms with Crippen LogP contribution in [0.15, 0.2) is 40.4 Å². The Labute approximate surface area is 187 Å². The Balaban J connectivity index is 1.55. The molecule has 4 rings (SSSR count). The van der Waals surface area contributed by atoms with E-state index >= 15 is 0 Å². The van der Waals surface area contributed by atoms with Crippen LogP contribution in [0.1, 0.15) is 50.3 Å². The summed E-state index contributed by atoms with van der Waals surface area (Å²) in [5.41, 5.74) is 0.967. The van der Waals surface area contributed by atoms with Crippen LogP contribution in [0.25, 0.3) is 11.1 Å². The monoisotopic (exact) mass is 468 g/mol. The lowest BCUT2D eigenvalue weighted by Gasteiger charge is -2.26. The van der Waals surface area contributed by atoms with Gasteiger partial charge in [0.05, 0.1) is 17.8 Å². The number of allylic oxidation sites excluding steroid dienone is 4. The van der Waals surface area contributed by atoms with Gasteiger partial charge in [-0.2, -0.15) is 13.2 Å². The van der Waals surface area contributed by atoms with Crippen LogP contribution in [0.3, 0.4) is 0 Å². The van der Waals surface area contributed by atoms with Crippen LogP contribution in [0, 0.1) is 5.92 Å². The van der Waals surface area contributed by atoms with Gasteiger partial charge in [-0.1, -0.05) is 25.2 Å². The number of alkyl halides is 3. The summed E-state index contributed by atoms with van der Waals surface area (Å²) in [7, 11) is 0. The fraction of sp³-hybridized carbons (Fsp3) is 0.455. The molecular weight excluding hydrogens is 445 g/mol. The van der Waals surface area contributed by atoms with Gasteiger partial charge in [0.2, 0.25) is 0 Å². The summed E-state index contributed by atoms with van der Waals surface area (Å²) in [6.45, 7) is 3.93. The molecule has 0 saturated heterocycles. The number of rotatable bonds is 6. The Hall–Kier alpha value is -2.59. The molecule has 0 fully saturated rings. The van der Waals surface area contributed by atoms with E-state index in [-0.39, 0.29) is 12.4 Å². The first-order valence-electron chi connectivity index (χ1n) is 10.4. The second-order valence-corrected chi connectivity index (χ2v) is 8.25. The molecule has 2 aromatic heterocycles. The highest BCUT2D eigenvalue weighted by atomic mass is 32.1. The van der Waals surface area contributed by atoms with E-state index in [1.165, 1.54) is 13.0 Å². The molecule has 3 heterocycles. The lowest BCUT2D eigenvalue weighted by molar-refractivity contribution is -0.143. The Morgan fingerprint density at radius 1 is 1.34 bits per heavy atom. The van der Waals surface area contributed by atoms with Crippen molar-refractivity contribution in [3.63, 3.8) is 0 Å². The minimum atomic E-state index is -4.41. The predicted octanol–water partition coefficient (Wildman–Crippen LogP) is 4.80. The van der Waals surface area contributed by atoms with E-state index in [2.05, 4.69) is 0 Å². The number of ether oxygens (including phenoxy) is 1. The number of fused-ring (bicyclic) bond motifs is 3. The number of carbonyl (C=O) groups is 1. The van der Waals surface area contributed by atoms with Gasteiger partial charge in [0, 0.05) is 36.6 Å². The van der Waals surface area contributed by atoms with Crippen molar-refractivity contribution in [1.82, 2.24) is 9.47 Å². The summed E-state index contributed by atoms with van der Waals surface area (Å²) in [5, 5.41) is 11.0.